The summed E-state index contributed by atoms with van der Waals surface area (Å²) >= 11 is 2.29. The molecule has 0 atom stereocenters. The van der Waals surface area contributed by atoms with Crippen LogP contribution in [0.2, 0.25) is 0 Å². The van der Waals surface area contributed by atoms with Gasteiger partial charge in [0.05, 0.1) is 6.54 Å². The number of benzene rings is 1. The molecule has 0 amide bonds. The second-order valence-corrected chi connectivity index (χ2v) is 4.14. The van der Waals surface area contributed by atoms with Crippen LogP contribution in [0.15, 0.2) is 36.7 Å². The number of nitrogens with one attached hydrogen (secondary N) is 2. The Morgan fingerprint density at radius 3 is 2.71 bits per heavy atom. The molecule has 1 aromatic heterocycles. The molecule has 0 bridgehead atoms. The van der Waals surface area contributed by atoms with Crippen molar-refractivity contribution in [3.05, 3.63) is 46.1 Å². The summed E-state index contributed by atoms with van der Waals surface area (Å²) < 4.78 is 1.24. The third-order valence-electron chi connectivity index (χ3n) is 1.86. The van der Waals surface area contributed by atoms with Gasteiger partial charge in [0.25, 0.3) is 0 Å². The Morgan fingerprint density at radius 1 is 1.29 bits per heavy atom. The summed E-state index contributed by atoms with van der Waals surface area (Å²) in [5.41, 5.74) is 1.11. The summed E-state index contributed by atoms with van der Waals surface area (Å²) in [6.07, 6.45) is 3.58. The zero-order valence-electron chi connectivity index (χ0n) is 7.50. The van der Waals surface area contributed by atoms with Gasteiger partial charge in [0.2, 0.25) is 0 Å². The van der Waals surface area contributed by atoms with Crippen molar-refractivity contribution in [3.8, 4) is 0 Å². The Morgan fingerprint density at radius 2 is 2.07 bits per heavy atom. The lowest BCUT2D eigenvalue weighted by molar-refractivity contribution is 1.000. The summed E-state index contributed by atoms with van der Waals surface area (Å²) in [6, 6.07) is 8.27. The zero-order valence-corrected chi connectivity index (χ0v) is 9.65. The maximum Gasteiger partial charge on any atom is 0.125 e. The van der Waals surface area contributed by atoms with E-state index in [4.69, 9.17) is 0 Å². The number of halogens is 1. The van der Waals surface area contributed by atoms with Crippen molar-refractivity contribution in [2.24, 2.45) is 0 Å². The molecular formula is C10H10IN3. The minimum atomic E-state index is 0.730. The number of hydrogen-bond acceptors (Lipinski definition) is 2. The summed E-state index contributed by atoms with van der Waals surface area (Å²) in [7, 11) is 0. The average molecular weight is 299 g/mol. The predicted molar refractivity (Wildman–Crippen MR) is 65.1 cm³/mol. The van der Waals surface area contributed by atoms with Crippen LogP contribution in [0.1, 0.15) is 5.82 Å². The smallest absolute Gasteiger partial charge is 0.125 e. The molecule has 1 aromatic carbocycles. The van der Waals surface area contributed by atoms with Crippen molar-refractivity contribution in [2.45, 2.75) is 6.54 Å². The fourth-order valence-corrected chi connectivity index (χ4v) is 1.51. The number of H-pyrrole nitrogens is 1. The van der Waals surface area contributed by atoms with Gasteiger partial charge in [0.15, 0.2) is 0 Å². The molecule has 72 valence electrons. The third-order valence-corrected chi connectivity index (χ3v) is 2.58. The first-order valence-corrected chi connectivity index (χ1v) is 5.40. The van der Waals surface area contributed by atoms with E-state index in [0.717, 1.165) is 18.1 Å². The highest BCUT2D eigenvalue weighted by Crippen LogP contribution is 2.11. The molecule has 2 aromatic rings. The molecule has 0 aliphatic rings. The summed E-state index contributed by atoms with van der Waals surface area (Å²) in [4.78, 5) is 7.17. The van der Waals surface area contributed by atoms with Crippen LogP contribution in [0.3, 0.4) is 0 Å². The van der Waals surface area contributed by atoms with Crippen molar-refractivity contribution >= 4 is 28.3 Å². The van der Waals surface area contributed by atoms with Crippen LogP contribution in [0.5, 0.6) is 0 Å². The fraction of sp³-hybridized carbons (Fsp3) is 0.100. The van der Waals surface area contributed by atoms with Crippen LogP contribution >= 0.6 is 22.6 Å². The Kier molecular flexibility index (Phi) is 3.03. The summed E-state index contributed by atoms with van der Waals surface area (Å²) in [5.74, 6) is 0.948. The van der Waals surface area contributed by atoms with Crippen LogP contribution in [0.25, 0.3) is 0 Å². The maximum absolute atomic E-state index is 4.13. The molecule has 0 saturated heterocycles. The molecule has 4 heteroatoms. The topological polar surface area (TPSA) is 40.7 Å². The van der Waals surface area contributed by atoms with Crippen molar-refractivity contribution in [3.63, 3.8) is 0 Å². The molecule has 0 fully saturated rings. The quantitative estimate of drug-likeness (QED) is 0.855. The molecule has 3 nitrogen and oxygen atoms in total. The average Bonchev–Trinajstić information content (AvgIpc) is 2.70. The SMILES string of the molecule is Ic1ccc(NCc2ncc[nH]2)cc1. The molecule has 14 heavy (non-hydrogen) atoms. The highest BCUT2D eigenvalue weighted by Gasteiger charge is 1.94. The van der Waals surface area contributed by atoms with Gasteiger partial charge in [-0.05, 0) is 46.9 Å². The predicted octanol–water partition coefficient (Wildman–Crippen LogP) is 2.63. The number of rotatable bonds is 3. The Bertz CT molecular complexity index is 380. The number of imidazole rings is 1. The lowest BCUT2D eigenvalue weighted by Crippen LogP contribution is -2.00. The molecule has 0 aliphatic heterocycles. The van der Waals surface area contributed by atoms with Gasteiger partial charge in [-0.2, -0.15) is 0 Å². The highest BCUT2D eigenvalue weighted by molar-refractivity contribution is 14.1. The van der Waals surface area contributed by atoms with Crippen LogP contribution in [-0.2, 0) is 6.54 Å². The van der Waals surface area contributed by atoms with Gasteiger partial charge in [-0.15, -0.1) is 0 Å². The number of nitrogens with zero attached hydrogens (tertiary/aromatic N) is 1. The normalized spacial score (nSPS) is 10.1. The van der Waals surface area contributed by atoms with Gasteiger partial charge in [-0.25, -0.2) is 4.98 Å². The van der Waals surface area contributed by atoms with Crippen molar-refractivity contribution in [1.29, 1.82) is 0 Å². The highest BCUT2D eigenvalue weighted by atomic mass is 127. The van der Waals surface area contributed by atoms with E-state index in [0.29, 0.717) is 0 Å². The Balaban J connectivity index is 1.95. The number of anilines is 1. The van der Waals surface area contributed by atoms with Gasteiger partial charge in [-0.1, -0.05) is 0 Å². The standard InChI is InChI=1S/C10H10IN3/c11-8-1-3-9(4-2-8)14-7-10-12-5-6-13-10/h1-6,14H,7H2,(H,12,13). The van der Waals surface area contributed by atoms with Crippen molar-refractivity contribution in [2.75, 3.05) is 5.32 Å². The van der Waals surface area contributed by atoms with Crippen LogP contribution in [0, 0.1) is 3.57 Å². The minimum absolute atomic E-state index is 0.730. The Hall–Kier alpha value is -1.04. The second-order valence-electron chi connectivity index (χ2n) is 2.90. The van der Waals surface area contributed by atoms with Gasteiger partial charge in [-0.3, -0.25) is 0 Å². The number of aromatic amines is 1. The van der Waals surface area contributed by atoms with Crippen molar-refractivity contribution < 1.29 is 0 Å². The van der Waals surface area contributed by atoms with E-state index in [-0.39, 0.29) is 0 Å². The van der Waals surface area contributed by atoms with Gasteiger partial charge < -0.3 is 10.3 Å². The van der Waals surface area contributed by atoms with E-state index in [1.807, 2.05) is 6.20 Å². The number of aromatic nitrogens is 2. The fourth-order valence-electron chi connectivity index (χ4n) is 1.15. The minimum Gasteiger partial charge on any atom is -0.378 e. The van der Waals surface area contributed by atoms with Crippen LogP contribution in [-0.4, -0.2) is 9.97 Å². The summed E-state index contributed by atoms with van der Waals surface area (Å²) in [5, 5.41) is 3.28. The van der Waals surface area contributed by atoms with E-state index < -0.39 is 0 Å². The lowest BCUT2D eigenvalue weighted by atomic mass is 10.3. The molecule has 0 aliphatic carbocycles. The second kappa shape index (κ2) is 4.45. The molecule has 0 radical (unpaired) electrons. The first-order chi connectivity index (χ1) is 6.84. The van der Waals surface area contributed by atoms with Crippen molar-refractivity contribution in [1.82, 2.24) is 9.97 Å². The molecule has 2 N–H and O–H groups in total. The first-order valence-electron chi connectivity index (χ1n) is 4.32. The molecule has 0 saturated carbocycles. The molecule has 2 rings (SSSR count). The van der Waals surface area contributed by atoms with Crippen LogP contribution < -0.4 is 5.32 Å². The molecule has 0 unspecified atom stereocenters. The van der Waals surface area contributed by atoms with Crippen LogP contribution in [0.4, 0.5) is 5.69 Å². The monoisotopic (exact) mass is 299 g/mol. The van der Waals surface area contributed by atoms with E-state index in [2.05, 4.69) is 62.1 Å². The molecule has 1 heterocycles. The van der Waals surface area contributed by atoms with E-state index >= 15 is 0 Å². The first kappa shape index (κ1) is 9.51. The van der Waals surface area contributed by atoms with E-state index in [1.165, 1.54) is 3.57 Å². The maximum atomic E-state index is 4.13. The summed E-state index contributed by atoms with van der Waals surface area (Å²) in [6.45, 7) is 0.730. The third kappa shape index (κ3) is 2.47. The van der Waals surface area contributed by atoms with E-state index in [1.54, 1.807) is 6.20 Å². The van der Waals surface area contributed by atoms with Gasteiger partial charge in [0, 0.05) is 21.7 Å². The van der Waals surface area contributed by atoms with Gasteiger partial charge in [0.1, 0.15) is 5.82 Å². The largest absolute Gasteiger partial charge is 0.378 e. The van der Waals surface area contributed by atoms with Gasteiger partial charge >= 0.3 is 0 Å². The molecule has 0 spiro atoms. The Labute approximate surface area is 96.1 Å². The lowest BCUT2D eigenvalue weighted by Gasteiger charge is -2.03. The van der Waals surface area contributed by atoms with E-state index in [9.17, 15) is 0 Å². The molecular weight excluding hydrogens is 289 g/mol. The number of hydrogen-bond donors (Lipinski definition) is 2. The zero-order chi connectivity index (χ0) is 9.80.